The van der Waals surface area contributed by atoms with Crippen molar-refractivity contribution in [3.63, 3.8) is 0 Å². The molecule has 0 rings (SSSR count). The van der Waals surface area contributed by atoms with Crippen molar-refractivity contribution >= 4 is 19.5 Å². The van der Waals surface area contributed by atoms with Crippen LogP contribution in [0.15, 0.2) is 0 Å². The van der Waals surface area contributed by atoms with Crippen LogP contribution in [0.4, 0.5) is 0 Å². The monoisotopic (exact) mass is 228 g/mol. The van der Waals surface area contributed by atoms with E-state index in [9.17, 15) is 4.57 Å². The van der Waals surface area contributed by atoms with E-state index < -0.39 is 7.60 Å². The Kier molecular flexibility index (Phi) is 8.07. The van der Waals surface area contributed by atoms with Gasteiger partial charge in [-0.25, -0.2) is 0 Å². The molecule has 0 aliphatic carbocycles. The van der Waals surface area contributed by atoms with E-state index in [0.29, 0.717) is 12.8 Å². The molecule has 0 radical (unpaired) electrons. The van der Waals surface area contributed by atoms with E-state index in [1.54, 1.807) is 0 Å². The molecule has 0 heterocycles. The summed E-state index contributed by atoms with van der Waals surface area (Å²) in [6.07, 6.45) is 4.08. The summed E-state index contributed by atoms with van der Waals surface area (Å²) in [4.78, 5) is 0. The molecule has 80 valence electrons. The van der Waals surface area contributed by atoms with Gasteiger partial charge in [0.1, 0.15) is 0 Å². The molecule has 5 heteroatoms. The first-order valence-corrected chi connectivity index (χ1v) is 6.76. The lowest BCUT2D eigenvalue weighted by Crippen LogP contribution is -1.97. The second kappa shape index (κ2) is 7.81. The van der Waals surface area contributed by atoms with Crippen LogP contribution >= 0.6 is 19.5 Å². The highest BCUT2D eigenvalue weighted by atomic mass is 35.5. The lowest BCUT2D eigenvalue weighted by atomic mass is 10.4. The molecule has 0 spiro atoms. The molecule has 1 unspecified atom stereocenters. The number of halogens is 1. The van der Waals surface area contributed by atoms with Crippen LogP contribution in [0.25, 0.3) is 0 Å². The molecule has 0 aliphatic heterocycles. The minimum atomic E-state index is -2.98. The molecule has 3 nitrogen and oxygen atoms in total. The summed E-state index contributed by atoms with van der Waals surface area (Å²) in [5.74, 6) is 0. The lowest BCUT2D eigenvalue weighted by Gasteiger charge is -2.13. The highest BCUT2D eigenvalue weighted by molar-refractivity contribution is 7.54. The Labute approximate surface area is 85.5 Å². The standard InChI is InChI=1S/C8H18ClO3P/c1-3-5-7-11-13(10,12-9)8-6-4-2/h3-8H2,1-2H3. The molecule has 0 N–H and O–H groups in total. The Balaban J connectivity index is 3.75. The van der Waals surface area contributed by atoms with Gasteiger partial charge in [0.05, 0.1) is 24.6 Å². The molecular formula is C8H18ClO3P. The van der Waals surface area contributed by atoms with Crippen molar-refractivity contribution in [3.05, 3.63) is 0 Å². The molecule has 0 fully saturated rings. The Hall–Kier alpha value is 0.440. The predicted octanol–water partition coefficient (Wildman–Crippen LogP) is 3.97. The largest absolute Gasteiger partial charge is 0.346 e. The third-order valence-corrected chi connectivity index (χ3v) is 3.96. The first-order valence-electron chi connectivity index (χ1n) is 4.72. The smallest absolute Gasteiger partial charge is 0.308 e. The van der Waals surface area contributed by atoms with Crippen LogP contribution < -0.4 is 0 Å². The Bertz CT molecular complexity index is 163. The number of hydrogen-bond acceptors (Lipinski definition) is 3. The first-order chi connectivity index (χ1) is 6.18. The van der Waals surface area contributed by atoms with Crippen molar-refractivity contribution in [1.82, 2.24) is 0 Å². The van der Waals surface area contributed by atoms with Gasteiger partial charge in [0.25, 0.3) is 0 Å². The van der Waals surface area contributed by atoms with Crippen LogP contribution in [-0.2, 0) is 13.2 Å². The van der Waals surface area contributed by atoms with Crippen molar-refractivity contribution in [3.8, 4) is 0 Å². The highest BCUT2D eigenvalue weighted by Gasteiger charge is 2.22. The van der Waals surface area contributed by atoms with Gasteiger partial charge in [-0.15, -0.1) is 0 Å². The number of rotatable bonds is 8. The summed E-state index contributed by atoms with van der Waals surface area (Å²) in [6, 6.07) is 0. The zero-order chi connectivity index (χ0) is 10.2. The average Bonchev–Trinajstić information content (AvgIpc) is 2.15. The fourth-order valence-corrected chi connectivity index (χ4v) is 2.49. The van der Waals surface area contributed by atoms with Crippen molar-refractivity contribution in [1.29, 1.82) is 0 Å². The summed E-state index contributed by atoms with van der Waals surface area (Å²) < 4.78 is 21.2. The van der Waals surface area contributed by atoms with Gasteiger partial charge in [-0.3, -0.25) is 4.57 Å². The Morgan fingerprint density at radius 3 is 2.31 bits per heavy atom. The molecule has 0 bridgehead atoms. The molecule has 0 saturated heterocycles. The van der Waals surface area contributed by atoms with Crippen molar-refractivity contribution in [2.75, 3.05) is 12.8 Å². The van der Waals surface area contributed by atoms with E-state index in [0.717, 1.165) is 25.7 Å². The van der Waals surface area contributed by atoms with Crippen LogP contribution in [0.5, 0.6) is 0 Å². The zero-order valence-electron chi connectivity index (χ0n) is 8.29. The van der Waals surface area contributed by atoms with E-state index in [1.807, 2.05) is 13.8 Å². The molecule has 0 aliphatic rings. The fourth-order valence-electron chi connectivity index (χ4n) is 0.819. The number of unbranched alkanes of at least 4 members (excludes halogenated alkanes) is 2. The molecule has 13 heavy (non-hydrogen) atoms. The van der Waals surface area contributed by atoms with E-state index in [2.05, 4.69) is 4.08 Å². The minimum absolute atomic E-state index is 0.413. The normalized spacial score (nSPS) is 15.6. The molecular weight excluding hydrogens is 211 g/mol. The van der Waals surface area contributed by atoms with Gasteiger partial charge >= 0.3 is 7.60 Å². The average molecular weight is 229 g/mol. The maximum atomic E-state index is 11.6. The molecule has 0 aromatic heterocycles. The van der Waals surface area contributed by atoms with Crippen LogP contribution in [0.2, 0.25) is 0 Å². The van der Waals surface area contributed by atoms with Crippen molar-refractivity contribution < 1.29 is 13.2 Å². The highest BCUT2D eigenvalue weighted by Crippen LogP contribution is 2.50. The lowest BCUT2D eigenvalue weighted by molar-refractivity contribution is 0.264. The van der Waals surface area contributed by atoms with E-state index in [4.69, 9.17) is 16.4 Å². The van der Waals surface area contributed by atoms with Crippen LogP contribution in [0, 0.1) is 0 Å². The Morgan fingerprint density at radius 2 is 1.85 bits per heavy atom. The van der Waals surface area contributed by atoms with Gasteiger partial charge in [-0.1, -0.05) is 26.7 Å². The summed E-state index contributed by atoms with van der Waals surface area (Å²) in [6.45, 7) is 4.52. The molecule has 1 atom stereocenters. The third-order valence-electron chi connectivity index (χ3n) is 1.68. The second-order valence-electron chi connectivity index (χ2n) is 2.94. The molecule has 0 saturated carbocycles. The predicted molar refractivity (Wildman–Crippen MR) is 55.2 cm³/mol. The van der Waals surface area contributed by atoms with Crippen molar-refractivity contribution in [2.45, 2.75) is 39.5 Å². The summed E-state index contributed by atoms with van der Waals surface area (Å²) in [5.41, 5.74) is 0. The SMILES string of the molecule is CCCCOP(=O)(CCCC)OCl. The summed E-state index contributed by atoms with van der Waals surface area (Å²) in [7, 11) is -2.98. The fraction of sp³-hybridized carbons (Fsp3) is 1.00. The van der Waals surface area contributed by atoms with Gasteiger partial charge in [0, 0.05) is 0 Å². The summed E-state index contributed by atoms with van der Waals surface area (Å²) >= 11 is 5.14. The van der Waals surface area contributed by atoms with Crippen LogP contribution in [-0.4, -0.2) is 12.8 Å². The maximum absolute atomic E-state index is 11.6. The van der Waals surface area contributed by atoms with Gasteiger partial charge < -0.3 is 4.52 Å². The van der Waals surface area contributed by atoms with E-state index in [1.165, 1.54) is 0 Å². The van der Waals surface area contributed by atoms with E-state index in [-0.39, 0.29) is 0 Å². The first kappa shape index (κ1) is 13.4. The number of hydrogen-bond donors (Lipinski definition) is 0. The molecule has 0 aromatic carbocycles. The van der Waals surface area contributed by atoms with Crippen LogP contribution in [0.1, 0.15) is 39.5 Å². The third kappa shape index (κ3) is 6.50. The zero-order valence-corrected chi connectivity index (χ0v) is 9.94. The van der Waals surface area contributed by atoms with Gasteiger partial charge in [0.15, 0.2) is 0 Å². The molecule has 0 aromatic rings. The van der Waals surface area contributed by atoms with Gasteiger partial charge in [0.2, 0.25) is 0 Å². The Morgan fingerprint density at radius 1 is 1.23 bits per heavy atom. The maximum Gasteiger partial charge on any atom is 0.346 e. The van der Waals surface area contributed by atoms with Crippen molar-refractivity contribution in [2.24, 2.45) is 0 Å². The minimum Gasteiger partial charge on any atom is -0.308 e. The molecule has 0 amide bonds. The van der Waals surface area contributed by atoms with Gasteiger partial charge in [-0.05, 0) is 12.8 Å². The van der Waals surface area contributed by atoms with E-state index >= 15 is 0 Å². The second-order valence-corrected chi connectivity index (χ2v) is 5.42. The van der Waals surface area contributed by atoms with Crippen LogP contribution in [0.3, 0.4) is 0 Å². The quantitative estimate of drug-likeness (QED) is 0.466. The summed E-state index contributed by atoms with van der Waals surface area (Å²) in [5, 5.41) is 0. The van der Waals surface area contributed by atoms with Gasteiger partial charge in [-0.2, -0.15) is 4.08 Å². The topological polar surface area (TPSA) is 35.5 Å².